The van der Waals surface area contributed by atoms with E-state index in [9.17, 15) is 0 Å². The van der Waals surface area contributed by atoms with Crippen LogP contribution in [-0.4, -0.2) is 23.0 Å². The summed E-state index contributed by atoms with van der Waals surface area (Å²) in [6, 6.07) is 0. The minimum Gasteiger partial charge on any atom is -0.344 e. The van der Waals surface area contributed by atoms with Gasteiger partial charge in [-0.15, -0.1) is 0 Å². The largest absolute Gasteiger partial charge is 0.344 e. The van der Waals surface area contributed by atoms with Crippen molar-refractivity contribution in [2.45, 2.75) is 90.3 Å². The van der Waals surface area contributed by atoms with Gasteiger partial charge in [0, 0.05) is 5.54 Å². The summed E-state index contributed by atoms with van der Waals surface area (Å²) < 4.78 is 12.8. The Labute approximate surface area is 128 Å². The van der Waals surface area contributed by atoms with Crippen LogP contribution in [0.1, 0.15) is 67.2 Å². The van der Waals surface area contributed by atoms with E-state index in [0.29, 0.717) is 11.8 Å². The summed E-state index contributed by atoms with van der Waals surface area (Å²) in [5.74, 6) is 0.720. The van der Waals surface area contributed by atoms with Crippen LogP contribution in [0, 0.1) is 22.7 Å². The van der Waals surface area contributed by atoms with E-state index in [1.165, 1.54) is 12.8 Å². The number of fused-ring (bicyclic) bond motifs is 3. The summed E-state index contributed by atoms with van der Waals surface area (Å²) >= 11 is 0. The molecule has 6 atom stereocenters. The molecule has 0 aromatic rings. The van der Waals surface area contributed by atoms with E-state index in [-0.39, 0.29) is 28.1 Å². The predicted molar refractivity (Wildman–Crippen MR) is 82.7 cm³/mol. The summed E-state index contributed by atoms with van der Waals surface area (Å²) in [5.41, 5.74) is 7.23. The molecule has 0 aromatic carbocycles. The fourth-order valence-electron chi connectivity index (χ4n) is 7.02. The van der Waals surface area contributed by atoms with Crippen molar-refractivity contribution >= 4 is 0 Å². The molecule has 120 valence electrons. The Kier molecular flexibility index (Phi) is 2.42. The lowest BCUT2D eigenvalue weighted by Gasteiger charge is -2.47. The fourth-order valence-corrected chi connectivity index (χ4v) is 7.02. The maximum absolute atomic E-state index is 7.13. The summed E-state index contributed by atoms with van der Waals surface area (Å²) in [7, 11) is 0. The SMILES string of the molecule is C[C@H]1CC[C@@]2(N)C(C)(C)[C@H]3C[C@@]12C[C@H]1OC(C)(C)O[C@]31C. The van der Waals surface area contributed by atoms with Gasteiger partial charge in [0.25, 0.3) is 0 Å². The first-order valence-corrected chi connectivity index (χ1v) is 8.65. The molecule has 0 unspecified atom stereocenters. The zero-order valence-corrected chi connectivity index (χ0v) is 14.5. The standard InChI is InChI=1S/C18H31NO2/c1-11-7-8-18(19)14(2,3)12-9-17(11,18)10-13-16(12,6)21-15(4,5)20-13/h11-13H,7-10,19H2,1-6H3/t11-,12+,13+,16+,17+,18+/m0/s1. The van der Waals surface area contributed by atoms with Gasteiger partial charge in [-0.2, -0.15) is 0 Å². The fraction of sp³-hybridized carbons (Fsp3) is 1.00. The molecule has 3 heteroatoms. The van der Waals surface area contributed by atoms with E-state index in [1.54, 1.807) is 0 Å². The van der Waals surface area contributed by atoms with Crippen LogP contribution in [0.3, 0.4) is 0 Å². The van der Waals surface area contributed by atoms with Gasteiger partial charge < -0.3 is 15.2 Å². The lowest BCUT2D eigenvalue weighted by Crippen LogP contribution is -2.58. The Hall–Kier alpha value is -0.120. The van der Waals surface area contributed by atoms with Crippen LogP contribution in [0.25, 0.3) is 0 Å². The lowest BCUT2D eigenvalue weighted by molar-refractivity contribution is -0.177. The summed E-state index contributed by atoms with van der Waals surface area (Å²) in [6.07, 6.45) is 4.90. The van der Waals surface area contributed by atoms with Crippen molar-refractivity contribution in [3.05, 3.63) is 0 Å². The minimum absolute atomic E-state index is 0.0612. The van der Waals surface area contributed by atoms with E-state index in [4.69, 9.17) is 15.2 Å². The second-order valence-corrected chi connectivity index (χ2v) is 9.54. The average Bonchev–Trinajstić information content (AvgIpc) is 2.79. The van der Waals surface area contributed by atoms with Crippen LogP contribution in [0.2, 0.25) is 0 Å². The smallest absolute Gasteiger partial charge is 0.164 e. The number of hydrogen-bond acceptors (Lipinski definition) is 3. The van der Waals surface area contributed by atoms with Crippen LogP contribution >= 0.6 is 0 Å². The molecule has 4 rings (SSSR count). The van der Waals surface area contributed by atoms with Crippen molar-refractivity contribution in [3.8, 4) is 0 Å². The van der Waals surface area contributed by atoms with Crippen molar-refractivity contribution < 1.29 is 9.47 Å². The van der Waals surface area contributed by atoms with Gasteiger partial charge in [-0.25, -0.2) is 0 Å². The normalized spacial score (nSPS) is 59.9. The molecule has 0 aromatic heterocycles. The van der Waals surface area contributed by atoms with Gasteiger partial charge in [-0.3, -0.25) is 0 Å². The third-order valence-electron chi connectivity index (χ3n) is 8.17. The number of ether oxygens (including phenoxy) is 2. The van der Waals surface area contributed by atoms with Gasteiger partial charge in [0.2, 0.25) is 0 Å². The minimum atomic E-state index is -0.463. The highest BCUT2D eigenvalue weighted by atomic mass is 16.8. The molecule has 2 N–H and O–H groups in total. The molecule has 1 aliphatic heterocycles. The molecule has 3 saturated carbocycles. The molecule has 0 amide bonds. The quantitative estimate of drug-likeness (QED) is 0.744. The van der Waals surface area contributed by atoms with E-state index < -0.39 is 5.79 Å². The number of hydrogen-bond donors (Lipinski definition) is 1. The van der Waals surface area contributed by atoms with Crippen LogP contribution in [0.4, 0.5) is 0 Å². The zero-order chi connectivity index (χ0) is 15.5. The molecule has 4 fully saturated rings. The summed E-state index contributed by atoms with van der Waals surface area (Å²) in [5, 5.41) is 0. The first kappa shape index (κ1) is 14.5. The Morgan fingerprint density at radius 3 is 2.38 bits per heavy atom. The molecular weight excluding hydrogens is 262 g/mol. The highest BCUT2D eigenvalue weighted by Crippen LogP contribution is 2.76. The van der Waals surface area contributed by atoms with E-state index >= 15 is 0 Å². The number of rotatable bonds is 0. The van der Waals surface area contributed by atoms with Crippen LogP contribution in [0.15, 0.2) is 0 Å². The van der Waals surface area contributed by atoms with Gasteiger partial charge in [0.15, 0.2) is 5.79 Å². The molecule has 2 bridgehead atoms. The highest BCUT2D eigenvalue weighted by molar-refractivity contribution is 5.30. The van der Waals surface area contributed by atoms with Crippen LogP contribution in [-0.2, 0) is 9.47 Å². The third-order valence-corrected chi connectivity index (χ3v) is 8.17. The van der Waals surface area contributed by atoms with Gasteiger partial charge in [-0.1, -0.05) is 20.8 Å². The van der Waals surface area contributed by atoms with Crippen molar-refractivity contribution in [1.29, 1.82) is 0 Å². The first-order valence-electron chi connectivity index (χ1n) is 8.65. The lowest BCUT2D eigenvalue weighted by atomic mass is 9.61. The molecule has 0 radical (unpaired) electrons. The second-order valence-electron chi connectivity index (χ2n) is 9.54. The third kappa shape index (κ3) is 1.34. The van der Waals surface area contributed by atoms with Crippen molar-refractivity contribution in [2.24, 2.45) is 28.4 Å². The Balaban J connectivity index is 1.87. The molecule has 3 aliphatic carbocycles. The van der Waals surface area contributed by atoms with Crippen molar-refractivity contribution in [1.82, 2.24) is 0 Å². The molecule has 3 nitrogen and oxygen atoms in total. The molecule has 4 aliphatic rings. The highest BCUT2D eigenvalue weighted by Gasteiger charge is 2.78. The molecule has 21 heavy (non-hydrogen) atoms. The van der Waals surface area contributed by atoms with Crippen molar-refractivity contribution in [3.63, 3.8) is 0 Å². The average molecular weight is 293 g/mol. The Bertz CT molecular complexity index is 497. The Morgan fingerprint density at radius 1 is 1.05 bits per heavy atom. The zero-order valence-electron chi connectivity index (χ0n) is 14.5. The molecule has 1 saturated heterocycles. The summed E-state index contributed by atoms with van der Waals surface area (Å²) in [4.78, 5) is 0. The maximum atomic E-state index is 7.13. The molecular formula is C18H31NO2. The van der Waals surface area contributed by atoms with E-state index in [1.807, 2.05) is 0 Å². The summed E-state index contributed by atoms with van der Waals surface area (Å²) in [6.45, 7) is 13.6. The topological polar surface area (TPSA) is 44.5 Å². The molecule has 1 spiro atoms. The van der Waals surface area contributed by atoms with E-state index in [0.717, 1.165) is 12.8 Å². The Morgan fingerprint density at radius 2 is 1.71 bits per heavy atom. The van der Waals surface area contributed by atoms with Crippen molar-refractivity contribution in [2.75, 3.05) is 0 Å². The van der Waals surface area contributed by atoms with Gasteiger partial charge in [0.1, 0.15) is 0 Å². The predicted octanol–water partition coefficient (Wildman–Crippen LogP) is 3.46. The monoisotopic (exact) mass is 293 g/mol. The molecule has 1 heterocycles. The van der Waals surface area contributed by atoms with Crippen LogP contribution < -0.4 is 5.73 Å². The van der Waals surface area contributed by atoms with E-state index in [2.05, 4.69) is 41.5 Å². The second kappa shape index (κ2) is 3.52. The number of nitrogens with two attached hydrogens (primary N) is 1. The maximum Gasteiger partial charge on any atom is 0.164 e. The first-order chi connectivity index (χ1) is 9.49. The van der Waals surface area contributed by atoms with Gasteiger partial charge in [0.05, 0.1) is 11.7 Å². The van der Waals surface area contributed by atoms with Gasteiger partial charge in [-0.05, 0) is 69.1 Å². The van der Waals surface area contributed by atoms with Crippen LogP contribution in [0.5, 0.6) is 0 Å². The van der Waals surface area contributed by atoms with Gasteiger partial charge >= 0.3 is 0 Å².